The van der Waals surface area contributed by atoms with E-state index in [2.05, 4.69) is 24.1 Å². The van der Waals surface area contributed by atoms with Gasteiger partial charge in [-0.3, -0.25) is 0 Å². The molecule has 0 radical (unpaired) electrons. The lowest BCUT2D eigenvalue weighted by molar-refractivity contribution is -0.137. The number of likely N-dealkylation sites (N-methyl/N-ethyl adjacent to an activating group) is 1. The first kappa shape index (κ1) is 16.1. The Morgan fingerprint density at radius 2 is 1.90 bits per heavy atom. The molecule has 118 valence electrons. The molecule has 5 heteroatoms. The first-order valence-corrected chi connectivity index (χ1v) is 7.60. The Kier molecular flexibility index (Phi) is 5.14. The maximum absolute atomic E-state index is 12.6. The minimum atomic E-state index is -4.27. The molecule has 0 bridgehead atoms. The number of piperidine rings is 1. The number of anilines is 1. The largest absolute Gasteiger partial charge is 0.416 e. The number of rotatable bonds is 4. The van der Waals surface area contributed by atoms with Crippen LogP contribution < -0.4 is 10.2 Å². The Balaban J connectivity index is 2.17. The molecule has 1 N–H and O–H groups in total. The van der Waals surface area contributed by atoms with Crippen molar-refractivity contribution in [3.63, 3.8) is 0 Å². The summed E-state index contributed by atoms with van der Waals surface area (Å²) in [4.78, 5) is 2.25. The van der Waals surface area contributed by atoms with Gasteiger partial charge in [0, 0.05) is 24.3 Å². The molecule has 2 atom stereocenters. The molecule has 1 aliphatic heterocycles. The normalized spacial score (nSPS) is 21.4. The van der Waals surface area contributed by atoms with Crippen LogP contribution in [0.2, 0.25) is 0 Å². The SMILES string of the molecule is CCNC(C)C1CCCCN1c1ccc(C(F)(F)F)cc1. The summed E-state index contributed by atoms with van der Waals surface area (Å²) in [6.45, 7) is 6.03. The van der Waals surface area contributed by atoms with Crippen molar-refractivity contribution in [2.24, 2.45) is 0 Å². The molecule has 0 aromatic heterocycles. The van der Waals surface area contributed by atoms with Crippen molar-refractivity contribution in [3.05, 3.63) is 29.8 Å². The molecule has 1 aromatic rings. The van der Waals surface area contributed by atoms with Gasteiger partial charge in [0.1, 0.15) is 0 Å². The zero-order chi connectivity index (χ0) is 15.5. The van der Waals surface area contributed by atoms with Gasteiger partial charge in [0.05, 0.1) is 5.56 Å². The summed E-state index contributed by atoms with van der Waals surface area (Å²) in [6, 6.07) is 6.23. The van der Waals surface area contributed by atoms with Crippen molar-refractivity contribution in [1.29, 1.82) is 0 Å². The van der Waals surface area contributed by atoms with Crippen molar-refractivity contribution in [2.75, 3.05) is 18.0 Å². The minimum Gasteiger partial charge on any atom is -0.367 e. The molecule has 0 amide bonds. The van der Waals surface area contributed by atoms with E-state index < -0.39 is 11.7 Å². The Bertz CT molecular complexity index is 442. The van der Waals surface area contributed by atoms with Gasteiger partial charge in [0.25, 0.3) is 0 Å². The van der Waals surface area contributed by atoms with Gasteiger partial charge >= 0.3 is 6.18 Å². The lowest BCUT2D eigenvalue weighted by Crippen LogP contribution is -2.51. The highest BCUT2D eigenvalue weighted by Crippen LogP contribution is 2.32. The summed E-state index contributed by atoms with van der Waals surface area (Å²) in [5, 5.41) is 3.43. The van der Waals surface area contributed by atoms with Crippen LogP contribution in [0.4, 0.5) is 18.9 Å². The second-order valence-corrected chi connectivity index (χ2v) is 5.65. The minimum absolute atomic E-state index is 0.331. The third kappa shape index (κ3) is 3.90. The van der Waals surface area contributed by atoms with Crippen LogP contribution in [0.3, 0.4) is 0 Å². The number of benzene rings is 1. The van der Waals surface area contributed by atoms with E-state index in [4.69, 9.17) is 0 Å². The molecule has 1 heterocycles. The van der Waals surface area contributed by atoms with Gasteiger partial charge in [-0.1, -0.05) is 6.92 Å². The molecular weight excluding hydrogens is 277 g/mol. The monoisotopic (exact) mass is 300 g/mol. The summed E-state index contributed by atoms with van der Waals surface area (Å²) in [5.74, 6) is 0. The van der Waals surface area contributed by atoms with E-state index in [9.17, 15) is 13.2 Å². The summed E-state index contributed by atoms with van der Waals surface area (Å²) >= 11 is 0. The lowest BCUT2D eigenvalue weighted by Gasteiger charge is -2.41. The maximum Gasteiger partial charge on any atom is 0.416 e. The first-order valence-electron chi connectivity index (χ1n) is 7.60. The van der Waals surface area contributed by atoms with Gasteiger partial charge in [0.2, 0.25) is 0 Å². The van der Waals surface area contributed by atoms with Crippen molar-refractivity contribution in [1.82, 2.24) is 5.32 Å². The standard InChI is InChI=1S/C16H23F3N2/c1-3-20-12(2)15-6-4-5-11-21(15)14-9-7-13(8-10-14)16(17,18)19/h7-10,12,15,20H,3-6,11H2,1-2H3. The van der Waals surface area contributed by atoms with E-state index in [0.717, 1.165) is 31.6 Å². The fraction of sp³-hybridized carbons (Fsp3) is 0.625. The lowest BCUT2D eigenvalue weighted by atomic mass is 9.95. The highest BCUT2D eigenvalue weighted by molar-refractivity contribution is 5.49. The maximum atomic E-state index is 12.6. The summed E-state index contributed by atoms with van der Waals surface area (Å²) < 4.78 is 37.9. The van der Waals surface area contributed by atoms with Crippen LogP contribution >= 0.6 is 0 Å². The smallest absolute Gasteiger partial charge is 0.367 e. The quantitative estimate of drug-likeness (QED) is 0.902. The predicted molar refractivity (Wildman–Crippen MR) is 79.6 cm³/mol. The molecule has 0 aliphatic carbocycles. The van der Waals surface area contributed by atoms with Gasteiger partial charge in [0.15, 0.2) is 0 Å². The number of alkyl halides is 3. The van der Waals surface area contributed by atoms with E-state index in [1.54, 1.807) is 12.1 Å². The third-order valence-corrected chi connectivity index (χ3v) is 4.18. The van der Waals surface area contributed by atoms with Gasteiger partial charge < -0.3 is 10.2 Å². The molecule has 0 saturated carbocycles. The van der Waals surface area contributed by atoms with E-state index in [-0.39, 0.29) is 0 Å². The van der Waals surface area contributed by atoms with Gasteiger partial charge in [-0.2, -0.15) is 13.2 Å². The van der Waals surface area contributed by atoms with Crippen molar-refractivity contribution >= 4 is 5.69 Å². The molecule has 2 nitrogen and oxygen atoms in total. The fourth-order valence-electron chi connectivity index (χ4n) is 3.10. The highest BCUT2D eigenvalue weighted by atomic mass is 19.4. The van der Waals surface area contributed by atoms with Gasteiger partial charge in [-0.15, -0.1) is 0 Å². The number of hydrogen-bond acceptors (Lipinski definition) is 2. The number of nitrogens with one attached hydrogen (secondary N) is 1. The van der Waals surface area contributed by atoms with E-state index in [1.165, 1.54) is 18.6 Å². The van der Waals surface area contributed by atoms with Crippen molar-refractivity contribution in [2.45, 2.75) is 51.4 Å². The number of nitrogens with zero attached hydrogens (tertiary/aromatic N) is 1. The molecule has 0 spiro atoms. The predicted octanol–water partition coefficient (Wildman–Crippen LogP) is 4.06. The molecule has 1 aromatic carbocycles. The fourth-order valence-corrected chi connectivity index (χ4v) is 3.10. The van der Waals surface area contributed by atoms with Crippen LogP contribution in [0.1, 0.15) is 38.7 Å². The molecule has 1 saturated heterocycles. The molecule has 1 fully saturated rings. The zero-order valence-electron chi connectivity index (χ0n) is 12.6. The molecule has 1 aliphatic rings. The molecular formula is C16H23F3N2. The van der Waals surface area contributed by atoms with Crippen molar-refractivity contribution < 1.29 is 13.2 Å². The first-order chi connectivity index (χ1) is 9.93. The van der Waals surface area contributed by atoms with Crippen LogP contribution in [0.25, 0.3) is 0 Å². The van der Waals surface area contributed by atoms with Crippen LogP contribution in [0.5, 0.6) is 0 Å². The third-order valence-electron chi connectivity index (χ3n) is 4.18. The number of halogens is 3. The van der Waals surface area contributed by atoms with Crippen LogP contribution in [-0.2, 0) is 6.18 Å². The van der Waals surface area contributed by atoms with Crippen molar-refractivity contribution in [3.8, 4) is 0 Å². The number of hydrogen-bond donors (Lipinski definition) is 1. The summed E-state index contributed by atoms with van der Waals surface area (Å²) in [7, 11) is 0. The van der Waals surface area contributed by atoms with Gasteiger partial charge in [-0.25, -0.2) is 0 Å². The molecule has 2 unspecified atom stereocenters. The van der Waals surface area contributed by atoms with Crippen LogP contribution in [0, 0.1) is 0 Å². The Hall–Kier alpha value is -1.23. The second kappa shape index (κ2) is 6.69. The Morgan fingerprint density at radius 1 is 1.24 bits per heavy atom. The van der Waals surface area contributed by atoms with Crippen LogP contribution in [0.15, 0.2) is 24.3 Å². The van der Waals surface area contributed by atoms with Crippen LogP contribution in [-0.4, -0.2) is 25.2 Å². The summed E-state index contributed by atoms with van der Waals surface area (Å²) in [6.07, 6.45) is -0.917. The second-order valence-electron chi connectivity index (χ2n) is 5.65. The van der Waals surface area contributed by atoms with E-state index in [0.29, 0.717) is 12.1 Å². The average molecular weight is 300 g/mol. The summed E-state index contributed by atoms with van der Waals surface area (Å²) in [5.41, 5.74) is 0.303. The Labute approximate surface area is 124 Å². The highest BCUT2D eigenvalue weighted by Gasteiger charge is 2.31. The van der Waals surface area contributed by atoms with E-state index >= 15 is 0 Å². The topological polar surface area (TPSA) is 15.3 Å². The van der Waals surface area contributed by atoms with Gasteiger partial charge in [-0.05, 0) is 57.0 Å². The molecule has 2 rings (SSSR count). The Morgan fingerprint density at radius 3 is 2.48 bits per heavy atom. The average Bonchev–Trinajstić information content (AvgIpc) is 2.47. The zero-order valence-corrected chi connectivity index (χ0v) is 12.6. The molecule has 21 heavy (non-hydrogen) atoms. The van der Waals surface area contributed by atoms with E-state index in [1.807, 2.05) is 0 Å².